The first kappa shape index (κ1) is 143. The van der Waals surface area contributed by atoms with Crippen molar-refractivity contribution in [3.8, 4) is 40.2 Å². The molecule has 1 aliphatic carbocycles. The van der Waals surface area contributed by atoms with Gasteiger partial charge in [0.25, 0.3) is 0 Å². The summed E-state index contributed by atoms with van der Waals surface area (Å²) >= 11 is 0. The molecule has 29 nitrogen and oxygen atoms in total. The minimum absolute atomic E-state index is 0.0421. The van der Waals surface area contributed by atoms with Gasteiger partial charge in [-0.25, -0.2) is 19.6 Å². The number of rotatable bonds is 74. The van der Waals surface area contributed by atoms with Crippen molar-refractivity contribution in [2.75, 3.05) is 172 Å². The Kier molecular flexibility index (Phi) is 91.0. The Morgan fingerprint density at radius 2 is 0.490 bits per heavy atom. The van der Waals surface area contributed by atoms with Crippen molar-refractivity contribution in [1.29, 1.82) is 0 Å². The highest BCUT2D eigenvalue weighted by atomic mass is 17.2. The summed E-state index contributed by atoms with van der Waals surface area (Å²) < 4.78 is 138. The molecule has 0 saturated heterocycles. The minimum atomic E-state index is -0.113. The molecule has 858 valence electrons. The summed E-state index contributed by atoms with van der Waals surface area (Å²) in [6.07, 6.45) is 16.7. The van der Waals surface area contributed by atoms with Crippen LogP contribution in [-0.4, -0.2) is 288 Å². The van der Waals surface area contributed by atoms with Crippen molar-refractivity contribution in [3.63, 3.8) is 0 Å². The largest absolute Gasteiger partial charge is 0.491 e. The zero-order valence-electron chi connectivity index (χ0n) is 98.7. The number of furan rings is 1. The third-order valence-corrected chi connectivity index (χ3v) is 19.4. The third-order valence-electron chi connectivity index (χ3n) is 19.4. The number of unbranched alkanes of at least 4 members (excludes halogenated alkanes) is 1. The highest BCUT2D eigenvalue weighted by Crippen LogP contribution is 2.34. The molecule has 1 aromatic heterocycles. The molecule has 0 atom stereocenters. The highest BCUT2D eigenvalue weighted by molar-refractivity contribution is 5.42. The molecule has 0 spiro atoms. The lowest BCUT2D eigenvalue weighted by atomic mass is 9.78. The van der Waals surface area contributed by atoms with Crippen LogP contribution in [0.2, 0.25) is 0 Å². The van der Waals surface area contributed by atoms with Gasteiger partial charge >= 0.3 is 0 Å². The Labute approximate surface area is 892 Å². The van der Waals surface area contributed by atoms with E-state index < -0.39 is 0 Å². The summed E-state index contributed by atoms with van der Waals surface area (Å²) in [6.45, 7) is 88.7. The van der Waals surface area contributed by atoms with Crippen LogP contribution in [0.5, 0.6) is 40.2 Å². The molecule has 1 aliphatic rings. The smallest absolute Gasteiger partial charge is 0.160 e. The van der Waals surface area contributed by atoms with Crippen LogP contribution in [0.25, 0.3) is 0 Å². The topological polar surface area (TPSA) is 272 Å². The molecule has 147 heavy (non-hydrogen) atoms. The second kappa shape index (κ2) is 93.5. The quantitative estimate of drug-likeness (QED) is 0.0199. The molecule has 0 N–H and O–H groups in total. The first-order chi connectivity index (χ1) is 69.8. The fourth-order valence-corrected chi connectivity index (χ4v) is 12.6. The Morgan fingerprint density at radius 1 is 0.238 bits per heavy atom. The first-order valence-electron chi connectivity index (χ1n) is 54.7. The predicted molar refractivity (Wildman–Crippen MR) is 590 cm³/mol. The number of benzene rings is 4. The van der Waals surface area contributed by atoms with Crippen LogP contribution in [0.1, 0.15) is 310 Å². The van der Waals surface area contributed by atoms with E-state index in [1.807, 2.05) is 247 Å². The zero-order chi connectivity index (χ0) is 110. The van der Waals surface area contributed by atoms with Crippen LogP contribution in [0.4, 0.5) is 0 Å². The van der Waals surface area contributed by atoms with Gasteiger partial charge in [-0.3, -0.25) is 0 Å². The SMILES string of the molecule is CC(C)OC1CCC(OC(C)C)CC1.CC(C)OCCCCOC(C)C.CC(C)OCCOC(C)C.CC(C)OCCOCCOCCOC(C)C.CC(C)OCCOc1cc(CCOOC(C)C)cc(OCCOC(C)C)c1.CC(C)OCCOc1ccc(C(C)(C)c2ccc(OCCOC(C)C)cc2)cc1.CC(C)OCCOc1cccc(OCCOC(C)C)c1.CC(C)OCCOc1cocc1CCOOC(C)C. The predicted octanol–water partition coefficient (Wildman–Crippen LogP) is 25.6. The molecule has 29 heteroatoms. The Bertz CT molecular complexity index is 3370. The average molecular weight is 2090 g/mol. The normalized spacial score (nSPS) is 13.2. The Balaban J connectivity index is 0. The van der Waals surface area contributed by atoms with Crippen molar-refractivity contribution >= 4 is 0 Å². The molecular formula is C118H212O29. The molecule has 0 radical (unpaired) electrons. The van der Waals surface area contributed by atoms with E-state index in [0.717, 1.165) is 103 Å². The van der Waals surface area contributed by atoms with Crippen molar-refractivity contribution in [2.45, 2.75) is 422 Å². The zero-order valence-corrected chi connectivity index (χ0v) is 98.7. The van der Waals surface area contributed by atoms with Crippen molar-refractivity contribution in [3.05, 3.63) is 126 Å². The van der Waals surface area contributed by atoms with E-state index in [-0.39, 0.29) is 72.6 Å². The van der Waals surface area contributed by atoms with Crippen LogP contribution in [0.3, 0.4) is 0 Å². The summed E-state index contributed by atoms with van der Waals surface area (Å²) in [5.74, 6) is 5.56. The maximum atomic E-state index is 5.82. The molecule has 0 unspecified atom stereocenters. The van der Waals surface area contributed by atoms with Gasteiger partial charge in [-0.05, 0) is 346 Å². The summed E-state index contributed by atoms with van der Waals surface area (Å²) in [5.41, 5.74) is 4.39. The van der Waals surface area contributed by atoms with Crippen LogP contribution < -0.4 is 33.2 Å². The lowest BCUT2D eigenvalue weighted by Crippen LogP contribution is -2.29. The molecule has 0 aliphatic heterocycles. The maximum Gasteiger partial charge on any atom is 0.160 e. The summed E-state index contributed by atoms with van der Waals surface area (Å²) in [6, 6.07) is 30.1. The average Bonchev–Trinajstić information content (AvgIpc) is 1.50. The van der Waals surface area contributed by atoms with E-state index in [0.29, 0.717) is 220 Å². The molecule has 0 bridgehead atoms. The number of hydrogen-bond donors (Lipinski definition) is 0. The lowest BCUT2D eigenvalue weighted by molar-refractivity contribution is -0.316. The molecular weight excluding hydrogens is 1880 g/mol. The lowest BCUT2D eigenvalue weighted by Gasteiger charge is -2.30. The second-order valence-corrected chi connectivity index (χ2v) is 40.3. The van der Waals surface area contributed by atoms with Gasteiger partial charge in [-0.15, -0.1) is 0 Å². The summed E-state index contributed by atoms with van der Waals surface area (Å²) in [5, 5.41) is 0. The van der Waals surface area contributed by atoms with E-state index in [4.69, 9.17) is 138 Å². The van der Waals surface area contributed by atoms with Crippen molar-refractivity contribution in [2.24, 2.45) is 0 Å². The van der Waals surface area contributed by atoms with Gasteiger partial charge < -0.3 is 118 Å². The standard InChI is InChI=1S/C25H36O4.C21H36O6.C16H26O4.C14H24O5.C12H26O4.C12H24O2.C10H22O2.C8H18O2/c1-19(2)26-15-17-28-23-11-7-21(8-12-23)25(5,6)22-9-13-24(14-10-22)29-18-16-27-20(3)4;1-16(2)22-9-11-24-20-13-19(7-8-26-27-18(5)6)14-21(15-20)25-12-10-23-17(3)4;1-13(2)17-8-10-19-15-6-5-7-16(12-15)20-11-9-18-14(3)4;1-11(2)16-7-8-17-14-10-15-9-13(14)5-6-18-19-12(3)4;1-11(2)15-9-7-13-5-6-14-8-10-16-12(3)4;1-9(2)13-11-5-7-12(8-6-11)14-10(3)4;1-9(2)11-7-5-6-8-12-10(3)4;1-7(2)9-5-6-10-8(3)4/h7-14,19-20H,15-18H2,1-6H3;13-18H,7-12H2,1-6H3;5-7,12-14H,8-11H2,1-4H3;9-12H,5-8H2,1-4H3;11-12H,5-10H2,1-4H3;9-12H,5-8H2,1-4H3;9-10H,5-8H2,1-4H3;7-8H,5-6H2,1-4H3. The fraction of sp³-hybridized carbons (Fsp3) is 0.763. The van der Waals surface area contributed by atoms with Crippen LogP contribution in [-0.2, 0) is 118 Å². The fourth-order valence-electron chi connectivity index (χ4n) is 12.6. The molecule has 0 amide bonds. The van der Waals surface area contributed by atoms with Gasteiger partial charge in [-0.2, -0.15) is 0 Å². The van der Waals surface area contributed by atoms with Gasteiger partial charge in [0.1, 0.15) is 87.0 Å². The van der Waals surface area contributed by atoms with E-state index >= 15 is 0 Å². The van der Waals surface area contributed by atoms with E-state index in [1.54, 1.807) is 12.5 Å². The van der Waals surface area contributed by atoms with Gasteiger partial charge in [0.15, 0.2) is 5.75 Å². The first-order valence-corrected chi connectivity index (χ1v) is 54.7. The van der Waals surface area contributed by atoms with E-state index in [1.165, 1.54) is 11.1 Å². The second-order valence-electron chi connectivity index (χ2n) is 40.3. The number of ether oxygens (including phenoxy) is 24. The van der Waals surface area contributed by atoms with Crippen molar-refractivity contribution < 1.29 is 138 Å². The van der Waals surface area contributed by atoms with Gasteiger partial charge in [0, 0.05) is 42.7 Å². The monoisotopic (exact) mass is 2090 g/mol. The molecule has 1 fully saturated rings. The number of hydrogen-bond acceptors (Lipinski definition) is 29. The molecule has 1 heterocycles. The van der Waals surface area contributed by atoms with Gasteiger partial charge in [-0.1, -0.05) is 44.2 Å². The molecule has 5 aromatic rings. The van der Waals surface area contributed by atoms with Gasteiger partial charge in [0.2, 0.25) is 0 Å². The van der Waals surface area contributed by atoms with Crippen LogP contribution >= 0.6 is 0 Å². The summed E-state index contributed by atoms with van der Waals surface area (Å²) in [7, 11) is 0. The van der Waals surface area contributed by atoms with Crippen molar-refractivity contribution in [1.82, 2.24) is 0 Å². The van der Waals surface area contributed by atoms with Crippen LogP contribution in [0, 0.1) is 0 Å². The molecule has 1 saturated carbocycles. The Morgan fingerprint density at radius 3 is 0.782 bits per heavy atom. The molecule has 6 rings (SSSR count). The van der Waals surface area contributed by atoms with Crippen LogP contribution in [0.15, 0.2) is 108 Å². The van der Waals surface area contributed by atoms with E-state index in [2.05, 4.69) is 93.5 Å². The van der Waals surface area contributed by atoms with Gasteiger partial charge in [0.05, 0.1) is 235 Å². The highest BCUT2D eigenvalue weighted by Gasteiger charge is 2.25. The van der Waals surface area contributed by atoms with E-state index in [9.17, 15) is 0 Å². The molecule has 4 aromatic carbocycles. The Hall–Kier alpha value is -6.08. The maximum absolute atomic E-state index is 5.82. The third kappa shape index (κ3) is 94.4. The summed E-state index contributed by atoms with van der Waals surface area (Å²) in [4.78, 5) is 20.4. The minimum Gasteiger partial charge on any atom is -0.491 e.